The molecule has 0 radical (unpaired) electrons. The van der Waals surface area contributed by atoms with Crippen LogP contribution in [0.25, 0.3) is 0 Å². The van der Waals surface area contributed by atoms with E-state index in [1.807, 2.05) is 12.1 Å². The molecule has 2 heteroatoms. The van der Waals surface area contributed by atoms with Crippen LogP contribution in [0.2, 0.25) is 0 Å². The van der Waals surface area contributed by atoms with E-state index in [4.69, 9.17) is 4.74 Å². The molecule has 1 rings (SSSR count). The second kappa shape index (κ2) is 11.5. The van der Waals surface area contributed by atoms with Crippen LogP contribution in [0.5, 0.6) is 5.75 Å². The Kier molecular flexibility index (Phi) is 10.3. The first-order valence-electron chi connectivity index (χ1n) is 6.02. The molecule has 0 amide bonds. The summed E-state index contributed by atoms with van der Waals surface area (Å²) < 4.78 is 9.49. The lowest BCUT2D eigenvalue weighted by atomic mass is 10.1. The van der Waals surface area contributed by atoms with Crippen molar-refractivity contribution in [3.8, 4) is 5.75 Å². The zero-order valence-electron chi connectivity index (χ0n) is 11.1. The van der Waals surface area contributed by atoms with Crippen LogP contribution in [-0.4, -0.2) is 0 Å². The number of unbranched alkanes of at least 4 members (excludes halogenated alkanes) is 1. The average Bonchev–Trinajstić information content (AvgIpc) is 2.40. The predicted molar refractivity (Wildman–Crippen MR) is 77.4 cm³/mol. The molecule has 0 aliphatic rings. The molecule has 1 aromatic carbocycles. The Bertz CT molecular complexity index is 333. The van der Waals surface area contributed by atoms with Crippen molar-refractivity contribution < 1.29 is 9.47 Å². The maximum Gasteiger partial charge on any atom is 0.126 e. The van der Waals surface area contributed by atoms with Crippen molar-refractivity contribution in [2.24, 2.45) is 0 Å². The molecular formula is C16H22O2. The summed E-state index contributed by atoms with van der Waals surface area (Å²) in [5, 5.41) is 0. The third-order valence-corrected chi connectivity index (χ3v) is 2.15. The molecule has 0 N–H and O–H groups in total. The molecule has 0 saturated heterocycles. The van der Waals surface area contributed by atoms with Crippen LogP contribution in [-0.2, 0) is 11.2 Å². The summed E-state index contributed by atoms with van der Waals surface area (Å²) in [6, 6.07) is 8.17. The van der Waals surface area contributed by atoms with Gasteiger partial charge in [0.1, 0.15) is 5.75 Å². The monoisotopic (exact) mass is 246 g/mol. The Morgan fingerprint density at radius 2 is 1.61 bits per heavy atom. The fraction of sp³-hybridized carbons (Fsp3) is 0.250. The van der Waals surface area contributed by atoms with Gasteiger partial charge in [0.15, 0.2) is 0 Å². The summed E-state index contributed by atoms with van der Waals surface area (Å²) in [6.45, 7) is 12.2. The number of ether oxygens (including phenoxy) is 2. The number of hydrogen-bond acceptors (Lipinski definition) is 2. The van der Waals surface area contributed by atoms with Crippen LogP contribution in [0.4, 0.5) is 0 Å². The quantitative estimate of drug-likeness (QED) is 0.641. The molecule has 0 aliphatic heterocycles. The highest BCUT2D eigenvalue weighted by molar-refractivity contribution is 5.27. The molecule has 98 valence electrons. The Morgan fingerprint density at radius 1 is 1.00 bits per heavy atom. The molecule has 0 saturated carbocycles. The summed E-state index contributed by atoms with van der Waals surface area (Å²) in [5.74, 6) is 0.857. The highest BCUT2D eigenvalue weighted by Gasteiger charge is 1.93. The lowest BCUT2D eigenvalue weighted by Gasteiger charge is -2.02. The van der Waals surface area contributed by atoms with Crippen molar-refractivity contribution in [3.05, 3.63) is 68.4 Å². The van der Waals surface area contributed by atoms with E-state index in [0.29, 0.717) is 0 Å². The van der Waals surface area contributed by atoms with Gasteiger partial charge in [0, 0.05) is 0 Å². The number of hydrogen-bond donors (Lipinski definition) is 0. The minimum absolute atomic E-state index is 0.857. The molecule has 18 heavy (non-hydrogen) atoms. The fourth-order valence-electron chi connectivity index (χ4n) is 1.28. The fourth-order valence-corrected chi connectivity index (χ4v) is 1.28. The van der Waals surface area contributed by atoms with Gasteiger partial charge >= 0.3 is 0 Å². The molecule has 1 aromatic rings. The third kappa shape index (κ3) is 8.22. The summed E-state index contributed by atoms with van der Waals surface area (Å²) in [5.41, 5.74) is 1.37. The minimum Gasteiger partial charge on any atom is -0.474 e. The topological polar surface area (TPSA) is 18.5 Å². The normalized spacial score (nSPS) is 8.50. The second-order valence-electron chi connectivity index (χ2n) is 3.50. The van der Waals surface area contributed by atoms with Crippen molar-refractivity contribution in [1.29, 1.82) is 0 Å². The van der Waals surface area contributed by atoms with E-state index in [0.717, 1.165) is 12.2 Å². The van der Waals surface area contributed by atoms with Crippen molar-refractivity contribution in [1.82, 2.24) is 0 Å². The van der Waals surface area contributed by atoms with Crippen LogP contribution in [0.3, 0.4) is 0 Å². The summed E-state index contributed by atoms with van der Waals surface area (Å²) >= 11 is 0. The van der Waals surface area contributed by atoms with Crippen LogP contribution in [0.15, 0.2) is 62.8 Å². The molecular weight excluding hydrogens is 224 g/mol. The van der Waals surface area contributed by atoms with E-state index >= 15 is 0 Å². The van der Waals surface area contributed by atoms with E-state index in [2.05, 4.69) is 43.5 Å². The summed E-state index contributed by atoms with van der Waals surface area (Å²) in [7, 11) is 0. The average molecular weight is 246 g/mol. The molecule has 0 spiro atoms. The highest BCUT2D eigenvalue weighted by Crippen LogP contribution is 2.13. The zero-order chi connectivity index (χ0) is 13.6. The molecule has 0 atom stereocenters. The van der Waals surface area contributed by atoms with Crippen LogP contribution in [0.1, 0.15) is 25.3 Å². The van der Waals surface area contributed by atoms with Gasteiger partial charge in [0.25, 0.3) is 0 Å². The molecule has 2 nitrogen and oxygen atoms in total. The van der Waals surface area contributed by atoms with Gasteiger partial charge in [-0.2, -0.15) is 0 Å². The third-order valence-electron chi connectivity index (χ3n) is 2.15. The van der Waals surface area contributed by atoms with E-state index < -0.39 is 0 Å². The molecule has 0 heterocycles. The van der Waals surface area contributed by atoms with E-state index in [9.17, 15) is 0 Å². The van der Waals surface area contributed by atoms with Gasteiger partial charge in [-0.05, 0) is 30.5 Å². The second-order valence-corrected chi connectivity index (χ2v) is 3.50. The minimum atomic E-state index is 0.857. The first-order chi connectivity index (χ1) is 8.78. The Morgan fingerprint density at radius 3 is 2.00 bits per heavy atom. The smallest absolute Gasteiger partial charge is 0.126 e. The SMILES string of the molecule is C=COC=C.C=COc1ccc(CCCC)cc1. The van der Waals surface area contributed by atoms with Crippen LogP contribution < -0.4 is 4.74 Å². The van der Waals surface area contributed by atoms with Gasteiger partial charge in [0.2, 0.25) is 0 Å². The predicted octanol–water partition coefficient (Wildman–Crippen LogP) is 4.84. The van der Waals surface area contributed by atoms with Crippen molar-refractivity contribution >= 4 is 0 Å². The van der Waals surface area contributed by atoms with Gasteiger partial charge in [-0.3, -0.25) is 0 Å². The standard InChI is InChI=1S/C12H16O.C4H6O/c1-3-5-6-11-7-9-12(10-8-11)13-4-2;1-3-5-4-2/h4,7-10H,2-3,5-6H2,1H3;3-4H,1-2H2. The van der Waals surface area contributed by atoms with Crippen molar-refractivity contribution in [3.63, 3.8) is 0 Å². The Labute approximate surface area is 110 Å². The first-order valence-corrected chi connectivity index (χ1v) is 6.02. The van der Waals surface area contributed by atoms with Gasteiger partial charge in [-0.25, -0.2) is 0 Å². The Balaban J connectivity index is 0.000000494. The lowest BCUT2D eigenvalue weighted by Crippen LogP contribution is -1.85. The maximum atomic E-state index is 5.13. The lowest BCUT2D eigenvalue weighted by molar-refractivity contribution is 0.406. The molecule has 0 aliphatic carbocycles. The maximum absolute atomic E-state index is 5.13. The first kappa shape index (κ1) is 16.0. The van der Waals surface area contributed by atoms with E-state index in [1.165, 1.54) is 37.2 Å². The Hall–Kier alpha value is -1.96. The van der Waals surface area contributed by atoms with Crippen LogP contribution in [0, 0.1) is 0 Å². The van der Waals surface area contributed by atoms with Gasteiger partial charge in [-0.15, -0.1) is 0 Å². The van der Waals surface area contributed by atoms with E-state index in [1.54, 1.807) is 0 Å². The molecule has 0 unspecified atom stereocenters. The number of aryl methyl sites for hydroxylation is 1. The molecule has 0 bridgehead atoms. The summed E-state index contributed by atoms with van der Waals surface area (Å²) in [4.78, 5) is 0. The zero-order valence-corrected chi connectivity index (χ0v) is 11.1. The number of benzene rings is 1. The summed E-state index contributed by atoms with van der Waals surface area (Å²) in [6.07, 6.45) is 7.72. The largest absolute Gasteiger partial charge is 0.474 e. The highest BCUT2D eigenvalue weighted by atomic mass is 16.5. The van der Waals surface area contributed by atoms with Crippen molar-refractivity contribution in [2.45, 2.75) is 26.2 Å². The molecule has 0 aromatic heterocycles. The van der Waals surface area contributed by atoms with Gasteiger partial charge < -0.3 is 9.47 Å². The van der Waals surface area contributed by atoms with Gasteiger partial charge in [0.05, 0.1) is 18.8 Å². The molecule has 0 fully saturated rings. The van der Waals surface area contributed by atoms with Crippen molar-refractivity contribution in [2.75, 3.05) is 0 Å². The number of rotatable bonds is 7. The van der Waals surface area contributed by atoms with Gasteiger partial charge in [-0.1, -0.05) is 45.2 Å². The van der Waals surface area contributed by atoms with E-state index in [-0.39, 0.29) is 0 Å². The van der Waals surface area contributed by atoms with Crippen LogP contribution >= 0.6 is 0 Å².